The van der Waals surface area contributed by atoms with Gasteiger partial charge in [0, 0.05) is 29.7 Å². The number of benzene rings is 1. The zero-order chi connectivity index (χ0) is 18.9. The molecular formula is C19H14F3N3O. The highest BCUT2D eigenvalue weighted by atomic mass is 19.4. The molecule has 0 bridgehead atoms. The molecule has 0 fully saturated rings. The maximum atomic E-state index is 12.9. The van der Waals surface area contributed by atoms with E-state index in [0.717, 1.165) is 22.9 Å². The summed E-state index contributed by atoms with van der Waals surface area (Å²) >= 11 is 0. The van der Waals surface area contributed by atoms with Crippen LogP contribution >= 0.6 is 0 Å². The van der Waals surface area contributed by atoms with E-state index in [-0.39, 0.29) is 11.1 Å². The van der Waals surface area contributed by atoms with Crippen molar-refractivity contribution in [1.82, 2.24) is 9.97 Å². The summed E-state index contributed by atoms with van der Waals surface area (Å²) < 4.78 is 38.8. The van der Waals surface area contributed by atoms with E-state index in [1.165, 1.54) is 6.20 Å². The Kier molecular flexibility index (Phi) is 4.46. The number of amides is 1. The standard InChI is InChI=1S/C19H14F3N3O/c1-11-4-2-3-5-12(11)13-6-7-24-9-15(13)16-10-25-17(19(20,21)22)8-14(16)18(23)26/h2-10H,1H3,(H2,23,26). The van der Waals surface area contributed by atoms with Gasteiger partial charge in [0.25, 0.3) is 0 Å². The van der Waals surface area contributed by atoms with Gasteiger partial charge in [-0.3, -0.25) is 14.8 Å². The van der Waals surface area contributed by atoms with E-state index in [1.807, 2.05) is 31.2 Å². The molecule has 2 heterocycles. The Hall–Kier alpha value is -3.22. The van der Waals surface area contributed by atoms with Crippen LogP contribution in [0.25, 0.3) is 22.3 Å². The number of hydrogen-bond acceptors (Lipinski definition) is 3. The Morgan fingerprint density at radius 2 is 1.73 bits per heavy atom. The molecule has 0 atom stereocenters. The van der Waals surface area contributed by atoms with Crippen molar-refractivity contribution in [2.24, 2.45) is 5.73 Å². The second-order valence-electron chi connectivity index (χ2n) is 5.71. The van der Waals surface area contributed by atoms with E-state index in [4.69, 9.17) is 5.73 Å². The third-order valence-corrected chi connectivity index (χ3v) is 4.01. The largest absolute Gasteiger partial charge is 0.433 e. The maximum Gasteiger partial charge on any atom is 0.433 e. The molecule has 1 amide bonds. The molecule has 0 aliphatic carbocycles. The Bertz CT molecular complexity index is 984. The number of carbonyl (C=O) groups is 1. The molecule has 26 heavy (non-hydrogen) atoms. The summed E-state index contributed by atoms with van der Waals surface area (Å²) in [5.41, 5.74) is 7.16. The minimum Gasteiger partial charge on any atom is -0.366 e. The first-order valence-corrected chi connectivity index (χ1v) is 7.66. The summed E-state index contributed by atoms with van der Waals surface area (Å²) in [5.74, 6) is -0.965. The summed E-state index contributed by atoms with van der Waals surface area (Å²) in [6.07, 6.45) is -0.594. The molecule has 0 aliphatic rings. The third-order valence-electron chi connectivity index (χ3n) is 4.01. The zero-order valence-corrected chi connectivity index (χ0v) is 13.7. The lowest BCUT2D eigenvalue weighted by Gasteiger charge is -2.15. The molecule has 0 radical (unpaired) electrons. The van der Waals surface area contributed by atoms with Crippen LogP contribution in [0.2, 0.25) is 0 Å². The maximum absolute atomic E-state index is 12.9. The highest BCUT2D eigenvalue weighted by Gasteiger charge is 2.33. The van der Waals surface area contributed by atoms with E-state index < -0.39 is 17.8 Å². The molecule has 0 saturated carbocycles. The van der Waals surface area contributed by atoms with Gasteiger partial charge in [-0.2, -0.15) is 13.2 Å². The molecule has 0 aliphatic heterocycles. The summed E-state index contributed by atoms with van der Waals surface area (Å²) in [5, 5.41) is 0. The highest BCUT2D eigenvalue weighted by Crippen LogP contribution is 2.36. The monoisotopic (exact) mass is 357 g/mol. The van der Waals surface area contributed by atoms with Crippen LogP contribution < -0.4 is 5.73 Å². The molecule has 0 saturated heterocycles. The van der Waals surface area contributed by atoms with Crippen LogP contribution in [0.3, 0.4) is 0 Å². The molecule has 4 nitrogen and oxygen atoms in total. The van der Waals surface area contributed by atoms with Crippen molar-refractivity contribution >= 4 is 5.91 Å². The third kappa shape index (κ3) is 3.28. The first-order chi connectivity index (χ1) is 12.3. The fourth-order valence-electron chi connectivity index (χ4n) is 2.75. The number of aromatic nitrogens is 2. The van der Waals surface area contributed by atoms with E-state index in [2.05, 4.69) is 9.97 Å². The minimum atomic E-state index is -4.67. The fraction of sp³-hybridized carbons (Fsp3) is 0.105. The van der Waals surface area contributed by atoms with E-state index in [0.29, 0.717) is 11.6 Å². The number of carbonyl (C=O) groups excluding carboxylic acids is 1. The lowest BCUT2D eigenvalue weighted by atomic mass is 9.92. The number of aryl methyl sites for hydroxylation is 1. The van der Waals surface area contributed by atoms with Crippen molar-refractivity contribution < 1.29 is 18.0 Å². The Labute approximate surface area is 147 Å². The average Bonchev–Trinajstić information content (AvgIpc) is 2.61. The van der Waals surface area contributed by atoms with Crippen molar-refractivity contribution in [2.75, 3.05) is 0 Å². The predicted octanol–water partition coefficient (Wildman–Crippen LogP) is 4.24. The van der Waals surface area contributed by atoms with Crippen LogP contribution in [0, 0.1) is 6.92 Å². The van der Waals surface area contributed by atoms with Crippen molar-refractivity contribution in [2.45, 2.75) is 13.1 Å². The number of nitrogens with zero attached hydrogens (tertiary/aromatic N) is 2. The van der Waals surface area contributed by atoms with Gasteiger partial charge in [0.1, 0.15) is 5.69 Å². The number of hydrogen-bond donors (Lipinski definition) is 1. The smallest absolute Gasteiger partial charge is 0.366 e. The molecular weight excluding hydrogens is 343 g/mol. The van der Waals surface area contributed by atoms with Gasteiger partial charge in [-0.1, -0.05) is 24.3 Å². The SMILES string of the molecule is Cc1ccccc1-c1ccncc1-c1cnc(C(F)(F)F)cc1C(N)=O. The molecule has 2 N–H and O–H groups in total. The molecule has 7 heteroatoms. The van der Waals surface area contributed by atoms with Crippen molar-refractivity contribution in [3.8, 4) is 22.3 Å². The number of nitrogens with two attached hydrogens (primary N) is 1. The molecule has 2 aromatic heterocycles. The molecule has 0 spiro atoms. The van der Waals surface area contributed by atoms with Crippen LogP contribution in [0.4, 0.5) is 13.2 Å². The highest BCUT2D eigenvalue weighted by molar-refractivity contribution is 6.01. The number of primary amides is 1. The van der Waals surface area contributed by atoms with Gasteiger partial charge in [-0.05, 0) is 35.7 Å². The van der Waals surface area contributed by atoms with E-state index in [1.54, 1.807) is 12.3 Å². The van der Waals surface area contributed by atoms with Gasteiger partial charge in [0.2, 0.25) is 5.91 Å². The lowest BCUT2D eigenvalue weighted by Crippen LogP contribution is -2.16. The first kappa shape index (κ1) is 17.6. The number of alkyl halides is 3. The quantitative estimate of drug-likeness (QED) is 0.762. The average molecular weight is 357 g/mol. The number of rotatable bonds is 3. The molecule has 132 valence electrons. The normalized spacial score (nSPS) is 11.4. The zero-order valence-electron chi connectivity index (χ0n) is 13.7. The van der Waals surface area contributed by atoms with Gasteiger partial charge in [-0.15, -0.1) is 0 Å². The summed E-state index contributed by atoms with van der Waals surface area (Å²) in [4.78, 5) is 19.3. The van der Waals surface area contributed by atoms with Gasteiger partial charge in [0.15, 0.2) is 0 Å². The molecule has 3 rings (SSSR count). The number of pyridine rings is 2. The minimum absolute atomic E-state index is 0.205. The van der Waals surface area contributed by atoms with E-state index >= 15 is 0 Å². The van der Waals surface area contributed by atoms with Gasteiger partial charge in [0.05, 0.1) is 5.56 Å². The van der Waals surface area contributed by atoms with Crippen LogP contribution in [-0.4, -0.2) is 15.9 Å². The van der Waals surface area contributed by atoms with Crippen LogP contribution in [-0.2, 0) is 6.18 Å². The fourth-order valence-corrected chi connectivity index (χ4v) is 2.75. The van der Waals surface area contributed by atoms with Crippen molar-refractivity contribution in [1.29, 1.82) is 0 Å². The first-order valence-electron chi connectivity index (χ1n) is 7.66. The van der Waals surface area contributed by atoms with Gasteiger partial charge < -0.3 is 5.73 Å². The summed E-state index contributed by atoms with van der Waals surface area (Å²) in [6, 6.07) is 9.95. The molecule has 3 aromatic rings. The van der Waals surface area contributed by atoms with E-state index in [9.17, 15) is 18.0 Å². The molecule has 0 unspecified atom stereocenters. The molecule has 1 aromatic carbocycles. The van der Waals surface area contributed by atoms with Crippen LogP contribution in [0.1, 0.15) is 21.6 Å². The predicted molar refractivity (Wildman–Crippen MR) is 91.2 cm³/mol. The van der Waals surface area contributed by atoms with Crippen LogP contribution in [0.5, 0.6) is 0 Å². The number of halogens is 3. The Balaban J connectivity index is 2.26. The lowest BCUT2D eigenvalue weighted by molar-refractivity contribution is -0.141. The second kappa shape index (κ2) is 6.59. The second-order valence-corrected chi connectivity index (χ2v) is 5.71. The Morgan fingerprint density at radius 3 is 2.38 bits per heavy atom. The topological polar surface area (TPSA) is 68.9 Å². The summed E-state index contributed by atoms with van der Waals surface area (Å²) in [6.45, 7) is 1.92. The van der Waals surface area contributed by atoms with Crippen molar-refractivity contribution in [3.05, 3.63) is 71.8 Å². The van der Waals surface area contributed by atoms with Gasteiger partial charge in [-0.25, -0.2) is 0 Å². The van der Waals surface area contributed by atoms with Crippen molar-refractivity contribution in [3.63, 3.8) is 0 Å². The Morgan fingerprint density at radius 1 is 1.00 bits per heavy atom. The van der Waals surface area contributed by atoms with Crippen LogP contribution in [0.15, 0.2) is 55.0 Å². The van der Waals surface area contributed by atoms with Gasteiger partial charge >= 0.3 is 6.18 Å². The summed E-state index contributed by atoms with van der Waals surface area (Å²) in [7, 11) is 0.